The fraction of sp³-hybridized carbons (Fsp3) is 0.250. The monoisotopic (exact) mass is 294 g/mol. The summed E-state index contributed by atoms with van der Waals surface area (Å²) in [5.74, 6) is 1.20. The van der Waals surface area contributed by atoms with E-state index in [2.05, 4.69) is 20.3 Å². The molecule has 2 N–H and O–H groups in total. The Labute approximate surface area is 118 Å². The SMILES string of the molecule is O=c1[nH]c(CSC2=NCCN2)nc2cc(Cl)ccc12. The van der Waals surface area contributed by atoms with Crippen molar-refractivity contribution in [2.45, 2.75) is 5.75 Å². The van der Waals surface area contributed by atoms with Gasteiger partial charge >= 0.3 is 0 Å². The Kier molecular flexibility index (Phi) is 3.44. The van der Waals surface area contributed by atoms with Crippen LogP contribution in [0.3, 0.4) is 0 Å². The fourth-order valence-corrected chi connectivity index (χ4v) is 2.80. The van der Waals surface area contributed by atoms with Crippen molar-refractivity contribution in [3.05, 3.63) is 39.4 Å². The average Bonchev–Trinajstić information content (AvgIpc) is 2.89. The van der Waals surface area contributed by atoms with E-state index in [0.717, 1.165) is 18.3 Å². The summed E-state index contributed by atoms with van der Waals surface area (Å²) in [6.07, 6.45) is 0. The summed E-state index contributed by atoms with van der Waals surface area (Å²) in [6.45, 7) is 1.68. The molecule has 0 amide bonds. The molecule has 0 bridgehead atoms. The number of fused-ring (bicyclic) bond motifs is 1. The zero-order chi connectivity index (χ0) is 13.2. The number of aromatic amines is 1. The summed E-state index contributed by atoms with van der Waals surface area (Å²) in [5, 5.41) is 5.18. The van der Waals surface area contributed by atoms with Crippen LogP contribution < -0.4 is 10.9 Å². The topological polar surface area (TPSA) is 70.1 Å². The first-order chi connectivity index (χ1) is 9.22. The molecular weight excluding hydrogens is 284 g/mol. The minimum atomic E-state index is -0.140. The van der Waals surface area contributed by atoms with Crippen LogP contribution in [0.5, 0.6) is 0 Å². The molecule has 0 saturated carbocycles. The van der Waals surface area contributed by atoms with E-state index in [0.29, 0.717) is 27.5 Å². The first kappa shape index (κ1) is 12.5. The van der Waals surface area contributed by atoms with Gasteiger partial charge < -0.3 is 10.3 Å². The number of nitrogens with one attached hydrogen (secondary N) is 2. The number of nitrogens with zero attached hydrogens (tertiary/aromatic N) is 2. The van der Waals surface area contributed by atoms with Crippen molar-refractivity contribution in [1.29, 1.82) is 0 Å². The van der Waals surface area contributed by atoms with Crippen LogP contribution in [0.25, 0.3) is 10.9 Å². The van der Waals surface area contributed by atoms with Crippen molar-refractivity contribution < 1.29 is 0 Å². The number of rotatable bonds is 2. The van der Waals surface area contributed by atoms with Gasteiger partial charge in [0.05, 0.1) is 23.2 Å². The number of halogens is 1. The van der Waals surface area contributed by atoms with E-state index in [-0.39, 0.29) is 5.56 Å². The average molecular weight is 295 g/mol. The summed E-state index contributed by atoms with van der Waals surface area (Å²) in [5.41, 5.74) is 0.478. The molecule has 1 aromatic carbocycles. The third-order valence-electron chi connectivity index (χ3n) is 2.71. The number of H-pyrrole nitrogens is 1. The Morgan fingerprint density at radius 3 is 3.11 bits per heavy atom. The predicted octanol–water partition coefficient (Wildman–Crippen LogP) is 1.77. The Hall–Kier alpha value is -1.53. The molecule has 1 aromatic heterocycles. The van der Waals surface area contributed by atoms with Gasteiger partial charge in [-0.2, -0.15) is 0 Å². The standard InChI is InChI=1S/C12H11ClN4OS/c13-7-1-2-8-9(5-7)16-10(17-11(8)18)6-19-12-14-3-4-15-12/h1-2,5H,3-4,6H2,(H,14,15)(H,16,17,18). The fourth-order valence-electron chi connectivity index (χ4n) is 1.84. The van der Waals surface area contributed by atoms with E-state index in [4.69, 9.17) is 11.6 Å². The minimum Gasteiger partial charge on any atom is -0.363 e. The molecule has 0 unspecified atom stereocenters. The van der Waals surface area contributed by atoms with Crippen molar-refractivity contribution in [3.63, 3.8) is 0 Å². The maximum absolute atomic E-state index is 11.9. The number of thioether (sulfide) groups is 1. The van der Waals surface area contributed by atoms with Gasteiger partial charge in [-0.1, -0.05) is 23.4 Å². The lowest BCUT2D eigenvalue weighted by Crippen LogP contribution is -2.16. The highest BCUT2D eigenvalue weighted by molar-refractivity contribution is 8.13. The number of benzene rings is 1. The second-order valence-electron chi connectivity index (χ2n) is 4.08. The molecule has 2 aromatic rings. The molecule has 0 saturated heterocycles. The Bertz CT molecular complexity index is 712. The van der Waals surface area contributed by atoms with Crippen molar-refractivity contribution in [3.8, 4) is 0 Å². The van der Waals surface area contributed by atoms with Crippen LogP contribution in [0.1, 0.15) is 5.82 Å². The summed E-state index contributed by atoms with van der Waals surface area (Å²) >= 11 is 7.45. The third kappa shape index (κ3) is 2.74. The van der Waals surface area contributed by atoms with E-state index in [9.17, 15) is 4.79 Å². The lowest BCUT2D eigenvalue weighted by Gasteiger charge is -2.04. The Balaban J connectivity index is 1.89. The van der Waals surface area contributed by atoms with E-state index in [1.165, 1.54) is 11.8 Å². The first-order valence-electron chi connectivity index (χ1n) is 5.82. The molecule has 0 aliphatic carbocycles. The van der Waals surface area contributed by atoms with E-state index in [1.54, 1.807) is 18.2 Å². The van der Waals surface area contributed by atoms with Gasteiger partial charge in [-0.3, -0.25) is 9.79 Å². The summed E-state index contributed by atoms with van der Waals surface area (Å²) < 4.78 is 0. The van der Waals surface area contributed by atoms with Crippen LogP contribution in [0.4, 0.5) is 0 Å². The molecule has 0 atom stereocenters. The van der Waals surface area contributed by atoms with Crippen molar-refractivity contribution in [2.24, 2.45) is 4.99 Å². The number of amidine groups is 1. The molecule has 0 fully saturated rings. The van der Waals surface area contributed by atoms with Crippen LogP contribution in [0.2, 0.25) is 5.02 Å². The van der Waals surface area contributed by atoms with Crippen LogP contribution in [0, 0.1) is 0 Å². The van der Waals surface area contributed by atoms with Gasteiger partial charge in [0, 0.05) is 11.6 Å². The van der Waals surface area contributed by atoms with Crippen molar-refractivity contribution in [1.82, 2.24) is 15.3 Å². The van der Waals surface area contributed by atoms with Crippen LogP contribution in [-0.4, -0.2) is 28.2 Å². The highest BCUT2D eigenvalue weighted by Gasteiger charge is 2.08. The smallest absolute Gasteiger partial charge is 0.258 e. The highest BCUT2D eigenvalue weighted by atomic mass is 35.5. The van der Waals surface area contributed by atoms with E-state index in [1.807, 2.05) is 0 Å². The number of aliphatic imine (C=N–C) groups is 1. The molecule has 0 spiro atoms. The molecule has 5 nitrogen and oxygen atoms in total. The van der Waals surface area contributed by atoms with Crippen molar-refractivity contribution >= 4 is 39.4 Å². The van der Waals surface area contributed by atoms with E-state index < -0.39 is 0 Å². The molecule has 19 heavy (non-hydrogen) atoms. The second kappa shape index (κ2) is 5.22. The summed E-state index contributed by atoms with van der Waals surface area (Å²) in [7, 11) is 0. The van der Waals surface area contributed by atoms with Crippen LogP contribution in [0.15, 0.2) is 28.0 Å². The lowest BCUT2D eigenvalue weighted by atomic mass is 10.2. The molecule has 7 heteroatoms. The zero-order valence-electron chi connectivity index (χ0n) is 9.94. The number of hydrogen-bond donors (Lipinski definition) is 2. The lowest BCUT2D eigenvalue weighted by molar-refractivity contribution is 0.963. The first-order valence-corrected chi connectivity index (χ1v) is 7.18. The van der Waals surface area contributed by atoms with Gasteiger partial charge in [0.25, 0.3) is 5.56 Å². The molecule has 0 radical (unpaired) electrons. The summed E-state index contributed by atoms with van der Waals surface area (Å²) in [4.78, 5) is 23.4. The van der Waals surface area contributed by atoms with Gasteiger partial charge in [0.1, 0.15) is 5.82 Å². The minimum absolute atomic E-state index is 0.140. The summed E-state index contributed by atoms with van der Waals surface area (Å²) in [6, 6.07) is 5.07. The maximum Gasteiger partial charge on any atom is 0.258 e. The molecular formula is C12H11ClN4OS. The quantitative estimate of drug-likeness (QED) is 0.885. The van der Waals surface area contributed by atoms with E-state index >= 15 is 0 Å². The van der Waals surface area contributed by atoms with Crippen LogP contribution in [-0.2, 0) is 5.75 Å². The highest BCUT2D eigenvalue weighted by Crippen LogP contribution is 2.16. The van der Waals surface area contributed by atoms with Gasteiger partial charge in [-0.05, 0) is 18.2 Å². The normalized spacial score (nSPS) is 14.5. The molecule has 1 aliphatic heterocycles. The molecule has 2 heterocycles. The van der Waals surface area contributed by atoms with Gasteiger partial charge in [0.15, 0.2) is 5.17 Å². The Morgan fingerprint density at radius 1 is 1.42 bits per heavy atom. The number of aromatic nitrogens is 2. The number of hydrogen-bond acceptors (Lipinski definition) is 5. The molecule has 3 rings (SSSR count). The maximum atomic E-state index is 11.9. The van der Waals surface area contributed by atoms with Crippen molar-refractivity contribution in [2.75, 3.05) is 13.1 Å². The predicted molar refractivity (Wildman–Crippen MR) is 79.0 cm³/mol. The second-order valence-corrected chi connectivity index (χ2v) is 5.48. The molecule has 1 aliphatic rings. The molecule has 98 valence electrons. The zero-order valence-corrected chi connectivity index (χ0v) is 11.5. The Morgan fingerprint density at radius 2 is 2.32 bits per heavy atom. The van der Waals surface area contributed by atoms with Gasteiger partial charge in [-0.25, -0.2) is 4.98 Å². The van der Waals surface area contributed by atoms with Gasteiger partial charge in [0.2, 0.25) is 0 Å². The largest absolute Gasteiger partial charge is 0.363 e. The third-order valence-corrected chi connectivity index (χ3v) is 3.91. The van der Waals surface area contributed by atoms with Gasteiger partial charge in [-0.15, -0.1) is 0 Å². The van der Waals surface area contributed by atoms with Crippen LogP contribution >= 0.6 is 23.4 Å².